The van der Waals surface area contributed by atoms with E-state index in [1.54, 1.807) is 6.07 Å². The molecule has 26 heavy (non-hydrogen) atoms. The smallest absolute Gasteiger partial charge is 0.269 e. The van der Waals surface area contributed by atoms with E-state index in [-0.39, 0.29) is 15.9 Å². The molecule has 2 aromatic carbocycles. The summed E-state index contributed by atoms with van der Waals surface area (Å²) < 4.78 is 0.170. The van der Waals surface area contributed by atoms with Gasteiger partial charge in [0.25, 0.3) is 17.4 Å². The molecule has 3 aromatic rings. The lowest BCUT2D eigenvalue weighted by Crippen LogP contribution is -2.41. The first kappa shape index (κ1) is 17.6. The van der Waals surface area contributed by atoms with Crippen molar-refractivity contribution in [2.24, 2.45) is 0 Å². The van der Waals surface area contributed by atoms with Crippen LogP contribution in [0.15, 0.2) is 41.2 Å². The van der Waals surface area contributed by atoms with Crippen molar-refractivity contribution in [3.05, 3.63) is 73.8 Å². The first-order valence-corrected chi connectivity index (χ1v) is 8.20. The van der Waals surface area contributed by atoms with Crippen LogP contribution in [0, 0.1) is 18.6 Å². The molecule has 0 radical (unpaired) electrons. The standard InChI is InChI=1S/C18H16N4O3S/c1-9-3-5-12(10(2)7-9)17(25)22-21-15(23)11-4-6-13-14(8-11)19-18(26)20-16(13)24/h3-8H,1-2H3,(H,21,23)(H,22,25)(H2,19,20,24,26). The highest BCUT2D eigenvalue weighted by Gasteiger charge is 2.12. The fourth-order valence-electron chi connectivity index (χ4n) is 2.63. The van der Waals surface area contributed by atoms with Crippen molar-refractivity contribution >= 4 is 34.9 Å². The van der Waals surface area contributed by atoms with Crippen LogP contribution in [-0.2, 0) is 0 Å². The van der Waals surface area contributed by atoms with E-state index in [0.29, 0.717) is 16.5 Å². The molecule has 0 aliphatic carbocycles. The second-order valence-electron chi connectivity index (χ2n) is 5.90. The quantitative estimate of drug-likeness (QED) is 0.411. The normalized spacial score (nSPS) is 10.5. The van der Waals surface area contributed by atoms with Crippen molar-refractivity contribution in [3.8, 4) is 0 Å². The molecule has 1 aromatic heterocycles. The number of hydrogen-bond acceptors (Lipinski definition) is 4. The number of amides is 2. The van der Waals surface area contributed by atoms with Gasteiger partial charge in [-0.1, -0.05) is 17.7 Å². The number of H-pyrrole nitrogens is 2. The van der Waals surface area contributed by atoms with Crippen molar-refractivity contribution in [1.82, 2.24) is 20.8 Å². The number of nitrogens with one attached hydrogen (secondary N) is 4. The molecule has 0 aliphatic rings. The maximum Gasteiger partial charge on any atom is 0.269 e. The minimum Gasteiger partial charge on any atom is -0.332 e. The zero-order valence-electron chi connectivity index (χ0n) is 14.1. The van der Waals surface area contributed by atoms with E-state index in [2.05, 4.69) is 20.8 Å². The van der Waals surface area contributed by atoms with Gasteiger partial charge in [0, 0.05) is 11.1 Å². The second-order valence-corrected chi connectivity index (χ2v) is 6.30. The maximum atomic E-state index is 12.3. The van der Waals surface area contributed by atoms with Crippen LogP contribution in [0.1, 0.15) is 31.8 Å². The van der Waals surface area contributed by atoms with E-state index in [1.807, 2.05) is 26.0 Å². The molecule has 1 heterocycles. The van der Waals surface area contributed by atoms with Crippen molar-refractivity contribution < 1.29 is 9.59 Å². The fraction of sp³-hybridized carbons (Fsp3) is 0.111. The van der Waals surface area contributed by atoms with Crippen LogP contribution in [-0.4, -0.2) is 21.8 Å². The Kier molecular flexibility index (Phi) is 4.68. The Morgan fingerprint density at radius 2 is 1.69 bits per heavy atom. The van der Waals surface area contributed by atoms with Crippen LogP contribution >= 0.6 is 12.2 Å². The summed E-state index contributed by atoms with van der Waals surface area (Å²) in [6.07, 6.45) is 0. The number of carbonyl (C=O) groups is 2. The molecule has 0 saturated carbocycles. The Bertz CT molecular complexity index is 1150. The molecular formula is C18H16N4O3S. The first-order chi connectivity index (χ1) is 12.3. The highest BCUT2D eigenvalue weighted by atomic mass is 32.1. The number of hydrazine groups is 1. The Morgan fingerprint density at radius 3 is 2.42 bits per heavy atom. The van der Waals surface area contributed by atoms with Crippen LogP contribution in [0.2, 0.25) is 0 Å². The molecule has 4 N–H and O–H groups in total. The summed E-state index contributed by atoms with van der Waals surface area (Å²) in [5.41, 5.74) is 7.47. The number of carbonyl (C=O) groups excluding carboxylic acids is 2. The molecule has 0 spiro atoms. The van der Waals surface area contributed by atoms with Crippen molar-refractivity contribution in [2.75, 3.05) is 0 Å². The minimum absolute atomic E-state index is 0.170. The van der Waals surface area contributed by atoms with Crippen molar-refractivity contribution in [2.45, 2.75) is 13.8 Å². The molecule has 0 fully saturated rings. The molecule has 7 nitrogen and oxygen atoms in total. The van der Waals surface area contributed by atoms with Crippen molar-refractivity contribution in [3.63, 3.8) is 0 Å². The molecular weight excluding hydrogens is 352 g/mol. The first-order valence-electron chi connectivity index (χ1n) is 7.79. The summed E-state index contributed by atoms with van der Waals surface area (Å²) in [5.74, 6) is -0.919. The number of benzene rings is 2. The number of aromatic nitrogens is 2. The molecule has 132 valence electrons. The molecule has 0 atom stereocenters. The van der Waals surface area contributed by atoms with Gasteiger partial charge in [-0.05, 0) is 55.9 Å². The Morgan fingerprint density at radius 1 is 0.962 bits per heavy atom. The molecule has 0 bridgehead atoms. The van der Waals surface area contributed by atoms with Gasteiger partial charge in [-0.25, -0.2) is 0 Å². The van der Waals surface area contributed by atoms with E-state index in [9.17, 15) is 14.4 Å². The summed E-state index contributed by atoms with van der Waals surface area (Å²) in [6.45, 7) is 3.76. The Hall–Kier alpha value is -3.26. The predicted molar refractivity (Wildman–Crippen MR) is 101 cm³/mol. The van der Waals surface area contributed by atoms with Gasteiger partial charge in [-0.3, -0.25) is 30.2 Å². The molecule has 0 saturated heterocycles. The van der Waals surface area contributed by atoms with Gasteiger partial charge in [-0.15, -0.1) is 0 Å². The number of hydrogen-bond donors (Lipinski definition) is 4. The summed E-state index contributed by atoms with van der Waals surface area (Å²) in [7, 11) is 0. The van der Waals surface area contributed by atoms with E-state index in [4.69, 9.17) is 12.2 Å². The molecule has 8 heteroatoms. The average molecular weight is 368 g/mol. The molecule has 3 rings (SSSR count). The Balaban J connectivity index is 1.78. The monoisotopic (exact) mass is 368 g/mol. The van der Waals surface area contributed by atoms with Crippen LogP contribution in [0.4, 0.5) is 0 Å². The average Bonchev–Trinajstić information content (AvgIpc) is 2.58. The van der Waals surface area contributed by atoms with Crippen LogP contribution in [0.25, 0.3) is 10.9 Å². The van der Waals surface area contributed by atoms with Gasteiger partial charge in [0.05, 0.1) is 10.9 Å². The van der Waals surface area contributed by atoms with Gasteiger partial charge in [-0.2, -0.15) is 0 Å². The second kappa shape index (κ2) is 6.93. The number of aryl methyl sites for hydroxylation is 2. The summed E-state index contributed by atoms with van der Waals surface area (Å²) >= 11 is 4.93. The topological polar surface area (TPSA) is 107 Å². The number of fused-ring (bicyclic) bond motifs is 1. The van der Waals surface area contributed by atoms with Gasteiger partial charge in [0.1, 0.15) is 0 Å². The lowest BCUT2D eigenvalue weighted by Gasteiger charge is -2.10. The van der Waals surface area contributed by atoms with E-state index in [1.165, 1.54) is 18.2 Å². The fourth-order valence-corrected chi connectivity index (χ4v) is 2.83. The van der Waals surface area contributed by atoms with Crippen molar-refractivity contribution in [1.29, 1.82) is 0 Å². The molecule has 0 aliphatic heterocycles. The van der Waals surface area contributed by atoms with E-state index >= 15 is 0 Å². The zero-order chi connectivity index (χ0) is 18.8. The third-order valence-electron chi connectivity index (χ3n) is 3.92. The van der Waals surface area contributed by atoms with Crippen LogP contribution < -0.4 is 16.4 Å². The van der Waals surface area contributed by atoms with E-state index in [0.717, 1.165) is 11.1 Å². The van der Waals surface area contributed by atoms with Crippen LogP contribution in [0.3, 0.4) is 0 Å². The third kappa shape index (κ3) is 3.55. The van der Waals surface area contributed by atoms with Gasteiger partial charge < -0.3 is 4.98 Å². The van der Waals surface area contributed by atoms with E-state index < -0.39 is 11.8 Å². The number of rotatable bonds is 2. The number of aromatic amines is 2. The maximum absolute atomic E-state index is 12.3. The largest absolute Gasteiger partial charge is 0.332 e. The minimum atomic E-state index is -0.510. The van der Waals surface area contributed by atoms with Gasteiger partial charge in [0.15, 0.2) is 4.77 Å². The summed E-state index contributed by atoms with van der Waals surface area (Å²) in [5, 5.41) is 0.384. The lowest BCUT2D eigenvalue weighted by molar-refractivity contribution is 0.0846. The zero-order valence-corrected chi connectivity index (χ0v) is 14.9. The molecule has 2 amide bonds. The predicted octanol–water partition coefficient (Wildman–Crippen LogP) is 2.28. The lowest BCUT2D eigenvalue weighted by atomic mass is 10.1. The molecule has 0 unspecified atom stereocenters. The van der Waals surface area contributed by atoms with Gasteiger partial charge in [0.2, 0.25) is 0 Å². The summed E-state index contributed by atoms with van der Waals surface area (Å²) in [4.78, 5) is 41.6. The highest BCUT2D eigenvalue weighted by molar-refractivity contribution is 7.71. The highest BCUT2D eigenvalue weighted by Crippen LogP contribution is 2.11. The third-order valence-corrected chi connectivity index (χ3v) is 4.12. The summed E-state index contributed by atoms with van der Waals surface area (Å²) in [6, 6.07) is 9.92. The Labute approximate surface area is 153 Å². The van der Waals surface area contributed by atoms with Gasteiger partial charge >= 0.3 is 0 Å². The SMILES string of the molecule is Cc1ccc(C(=O)NNC(=O)c2ccc3c(=O)[nH]c(=S)[nH]c3c2)c(C)c1. The van der Waals surface area contributed by atoms with Crippen LogP contribution in [0.5, 0.6) is 0 Å².